The number of amides is 1. The average Bonchev–Trinajstić information content (AvgIpc) is 2.99. The summed E-state index contributed by atoms with van der Waals surface area (Å²) in [4.78, 5) is 15.1. The van der Waals surface area contributed by atoms with E-state index >= 15 is 0 Å². The molecule has 0 bridgehead atoms. The van der Waals surface area contributed by atoms with E-state index < -0.39 is 0 Å². The minimum atomic E-state index is 0.0370. The van der Waals surface area contributed by atoms with Gasteiger partial charge in [-0.05, 0) is 87.0 Å². The average molecular weight is 354 g/mol. The lowest BCUT2D eigenvalue weighted by Gasteiger charge is -2.50. The summed E-state index contributed by atoms with van der Waals surface area (Å²) >= 11 is 0. The van der Waals surface area contributed by atoms with E-state index in [-0.39, 0.29) is 11.3 Å². The third-order valence-electron chi connectivity index (χ3n) is 7.57. The number of allylic oxidation sites excluding steroid dienone is 1. The van der Waals surface area contributed by atoms with E-state index in [2.05, 4.69) is 32.9 Å². The van der Waals surface area contributed by atoms with Gasteiger partial charge in [0.2, 0.25) is 5.91 Å². The highest BCUT2D eigenvalue weighted by Crippen LogP contribution is 2.61. The summed E-state index contributed by atoms with van der Waals surface area (Å²) in [7, 11) is 0. The van der Waals surface area contributed by atoms with Crippen molar-refractivity contribution >= 4 is 5.91 Å². The third kappa shape index (κ3) is 2.51. The molecule has 3 aliphatic rings. The summed E-state index contributed by atoms with van der Waals surface area (Å²) in [5.74, 6) is 2.48. The van der Waals surface area contributed by atoms with Crippen molar-refractivity contribution in [2.75, 3.05) is 13.1 Å². The summed E-state index contributed by atoms with van der Waals surface area (Å²) in [5, 5.41) is 9.82. The summed E-state index contributed by atoms with van der Waals surface area (Å²) in [5.41, 5.74) is 3.90. The van der Waals surface area contributed by atoms with Crippen LogP contribution in [0, 0.1) is 17.3 Å². The largest absolute Gasteiger partial charge is 0.508 e. The first kappa shape index (κ1) is 17.6. The summed E-state index contributed by atoms with van der Waals surface area (Å²) < 4.78 is 0. The molecule has 3 heteroatoms. The fourth-order valence-electron chi connectivity index (χ4n) is 6.15. The second-order valence-electron chi connectivity index (χ2n) is 8.59. The van der Waals surface area contributed by atoms with Crippen molar-refractivity contribution in [2.45, 2.75) is 58.8 Å². The van der Waals surface area contributed by atoms with Gasteiger partial charge in [-0.25, -0.2) is 0 Å². The third-order valence-corrected chi connectivity index (χ3v) is 7.57. The number of carbonyl (C=O) groups excluding carboxylic acids is 1. The maximum Gasteiger partial charge on any atom is 0.250 e. The Hall–Kier alpha value is -1.77. The molecule has 0 spiro atoms. The number of hydrogen-bond donors (Lipinski definition) is 1. The van der Waals surface area contributed by atoms with Crippen LogP contribution >= 0.6 is 0 Å². The van der Waals surface area contributed by atoms with Crippen LogP contribution < -0.4 is 0 Å². The maximum absolute atomic E-state index is 13.1. The minimum absolute atomic E-state index is 0.0370. The number of nitrogens with zero attached hydrogens (tertiary/aromatic N) is 1. The molecule has 0 unspecified atom stereocenters. The van der Waals surface area contributed by atoms with E-state index in [9.17, 15) is 9.90 Å². The zero-order chi connectivity index (χ0) is 18.5. The lowest BCUT2D eigenvalue weighted by Crippen LogP contribution is -2.44. The molecule has 140 valence electrons. The Balaban J connectivity index is 1.62. The number of hydrogen-bond acceptors (Lipinski definition) is 2. The van der Waals surface area contributed by atoms with E-state index in [0.717, 1.165) is 44.3 Å². The molecule has 3 nitrogen and oxygen atoms in total. The molecule has 0 radical (unpaired) electrons. The van der Waals surface area contributed by atoms with E-state index in [1.165, 1.54) is 17.5 Å². The minimum Gasteiger partial charge on any atom is -0.508 e. The fraction of sp³-hybridized carbons (Fsp3) is 0.609. The molecule has 1 N–H and O–H groups in total. The monoisotopic (exact) mass is 353 g/mol. The first-order chi connectivity index (χ1) is 12.5. The highest BCUT2D eigenvalue weighted by molar-refractivity contribution is 5.95. The standard InChI is InChI=1S/C23H31NO2/c1-4-24(5-2)22(26)21-11-10-20-19-8-6-15-14-16(25)7-9-17(15)18(19)12-13-23(20,21)3/h7,9,11,14,18-20,25H,4-6,8,10,12-13H2,1-3H3/t18-,19-,20+,23+/m1/s1. The summed E-state index contributed by atoms with van der Waals surface area (Å²) in [6.45, 7) is 8.06. The van der Waals surface area contributed by atoms with Crippen molar-refractivity contribution in [3.8, 4) is 5.75 Å². The molecule has 1 aromatic rings. The van der Waals surface area contributed by atoms with E-state index in [1.54, 1.807) is 0 Å². The lowest BCUT2D eigenvalue weighted by atomic mass is 9.54. The van der Waals surface area contributed by atoms with E-state index in [0.29, 0.717) is 23.5 Å². The molecule has 1 saturated carbocycles. The second kappa shape index (κ2) is 6.44. The number of rotatable bonds is 3. The molecule has 3 aliphatic carbocycles. The second-order valence-corrected chi connectivity index (χ2v) is 8.59. The number of phenolic OH excluding ortho intramolecular Hbond substituents is 1. The molecule has 0 heterocycles. The molecule has 26 heavy (non-hydrogen) atoms. The molecule has 0 saturated heterocycles. The Labute approximate surface area is 157 Å². The van der Waals surface area contributed by atoms with Gasteiger partial charge in [-0.1, -0.05) is 19.1 Å². The normalized spacial score (nSPS) is 32.3. The topological polar surface area (TPSA) is 40.5 Å². The molecule has 1 amide bonds. The van der Waals surface area contributed by atoms with Crippen molar-refractivity contribution in [2.24, 2.45) is 17.3 Å². The summed E-state index contributed by atoms with van der Waals surface area (Å²) in [6.07, 6.45) is 7.79. The Bertz CT molecular complexity index is 749. The van der Waals surface area contributed by atoms with Gasteiger partial charge in [-0.3, -0.25) is 4.79 Å². The first-order valence-electron chi connectivity index (χ1n) is 10.3. The SMILES string of the molecule is CCN(CC)C(=O)C1=CC[C@H]2[C@@H]3CCc4cc(O)ccc4[C@H]3CC[C@]12C. The van der Waals surface area contributed by atoms with Crippen LogP contribution in [0.4, 0.5) is 0 Å². The van der Waals surface area contributed by atoms with Gasteiger partial charge in [0, 0.05) is 24.1 Å². The molecule has 1 fully saturated rings. The van der Waals surface area contributed by atoms with Gasteiger partial charge in [0.05, 0.1) is 0 Å². The molecule has 0 aromatic heterocycles. The van der Waals surface area contributed by atoms with Crippen molar-refractivity contribution in [3.05, 3.63) is 41.0 Å². The smallest absolute Gasteiger partial charge is 0.250 e. The Morgan fingerprint density at radius 1 is 1.27 bits per heavy atom. The zero-order valence-electron chi connectivity index (χ0n) is 16.3. The maximum atomic E-state index is 13.1. The Morgan fingerprint density at radius 3 is 2.77 bits per heavy atom. The van der Waals surface area contributed by atoms with Crippen LogP contribution in [0.1, 0.15) is 63.5 Å². The van der Waals surface area contributed by atoms with Crippen LogP contribution in [0.15, 0.2) is 29.8 Å². The van der Waals surface area contributed by atoms with Crippen LogP contribution in [0.2, 0.25) is 0 Å². The molecular weight excluding hydrogens is 322 g/mol. The predicted molar refractivity (Wildman–Crippen MR) is 104 cm³/mol. The summed E-state index contributed by atoms with van der Waals surface area (Å²) in [6, 6.07) is 5.95. The zero-order valence-corrected chi connectivity index (χ0v) is 16.3. The van der Waals surface area contributed by atoms with E-state index in [1.807, 2.05) is 17.0 Å². The van der Waals surface area contributed by atoms with Gasteiger partial charge in [-0.15, -0.1) is 0 Å². The van der Waals surface area contributed by atoms with Gasteiger partial charge in [0.1, 0.15) is 5.75 Å². The van der Waals surface area contributed by atoms with Crippen molar-refractivity contribution in [1.82, 2.24) is 4.90 Å². The van der Waals surface area contributed by atoms with Crippen LogP contribution in [0.5, 0.6) is 5.75 Å². The van der Waals surface area contributed by atoms with Crippen molar-refractivity contribution in [3.63, 3.8) is 0 Å². The van der Waals surface area contributed by atoms with Crippen molar-refractivity contribution in [1.29, 1.82) is 0 Å². The number of aryl methyl sites for hydroxylation is 1. The molecule has 4 atom stereocenters. The number of likely N-dealkylation sites (N-methyl/N-ethyl adjacent to an activating group) is 1. The predicted octanol–water partition coefficient (Wildman–Crippen LogP) is 4.65. The highest BCUT2D eigenvalue weighted by Gasteiger charge is 2.53. The van der Waals surface area contributed by atoms with Crippen molar-refractivity contribution < 1.29 is 9.90 Å². The number of carbonyl (C=O) groups is 1. The number of aromatic hydroxyl groups is 1. The van der Waals surface area contributed by atoms with Crippen LogP contribution in [0.3, 0.4) is 0 Å². The first-order valence-corrected chi connectivity index (χ1v) is 10.3. The number of benzene rings is 1. The van der Waals surface area contributed by atoms with E-state index in [4.69, 9.17) is 0 Å². The Morgan fingerprint density at radius 2 is 2.04 bits per heavy atom. The van der Waals surface area contributed by atoms with Gasteiger partial charge >= 0.3 is 0 Å². The van der Waals surface area contributed by atoms with Gasteiger partial charge in [0.25, 0.3) is 0 Å². The number of fused-ring (bicyclic) bond motifs is 5. The molecular formula is C23H31NO2. The van der Waals surface area contributed by atoms with Crippen LogP contribution in [0.25, 0.3) is 0 Å². The van der Waals surface area contributed by atoms with Gasteiger partial charge < -0.3 is 10.0 Å². The van der Waals surface area contributed by atoms with Gasteiger partial charge in [0.15, 0.2) is 0 Å². The molecule has 1 aromatic carbocycles. The fourth-order valence-corrected chi connectivity index (χ4v) is 6.15. The quantitative estimate of drug-likeness (QED) is 0.859. The Kier molecular flexibility index (Phi) is 4.37. The molecule has 4 rings (SSSR count). The lowest BCUT2D eigenvalue weighted by molar-refractivity contribution is -0.128. The molecule has 0 aliphatic heterocycles. The van der Waals surface area contributed by atoms with Gasteiger partial charge in [-0.2, -0.15) is 0 Å². The number of phenols is 1. The van der Waals surface area contributed by atoms with Crippen LogP contribution in [-0.2, 0) is 11.2 Å². The van der Waals surface area contributed by atoms with Crippen LogP contribution in [-0.4, -0.2) is 29.0 Å². The highest BCUT2D eigenvalue weighted by atomic mass is 16.3.